The summed E-state index contributed by atoms with van der Waals surface area (Å²) in [6.45, 7) is 0.0266. The van der Waals surface area contributed by atoms with Crippen LogP contribution in [0.15, 0.2) is 30.3 Å². The predicted molar refractivity (Wildman–Crippen MR) is 96.9 cm³/mol. The molecule has 0 aliphatic rings. The van der Waals surface area contributed by atoms with Crippen molar-refractivity contribution in [3.05, 3.63) is 62.2 Å². The molecule has 0 aliphatic carbocycles. The van der Waals surface area contributed by atoms with Crippen molar-refractivity contribution in [2.24, 2.45) is 0 Å². The van der Waals surface area contributed by atoms with Crippen molar-refractivity contribution in [3.63, 3.8) is 0 Å². The molecular formula is C17H13ClN4O6. The van der Waals surface area contributed by atoms with E-state index >= 15 is 0 Å². The molecule has 0 atom stereocenters. The van der Waals surface area contributed by atoms with Gasteiger partial charge in [-0.05, 0) is 17.7 Å². The third kappa shape index (κ3) is 4.11. The summed E-state index contributed by atoms with van der Waals surface area (Å²) in [7, 11) is 1.07. The molecule has 0 spiro atoms. The molecule has 3 N–H and O–H groups in total. The van der Waals surface area contributed by atoms with Gasteiger partial charge in [0.05, 0.1) is 21.6 Å². The number of phenols is 2. The Balaban J connectivity index is 2.22. The van der Waals surface area contributed by atoms with Gasteiger partial charge in [0.25, 0.3) is 5.91 Å². The zero-order chi connectivity index (χ0) is 21.0. The zero-order valence-corrected chi connectivity index (χ0v) is 15.1. The van der Waals surface area contributed by atoms with Gasteiger partial charge in [-0.15, -0.1) is 0 Å². The quantitative estimate of drug-likeness (QED) is 0.401. The Labute approximate surface area is 163 Å². The molecule has 0 heterocycles. The number of urea groups is 1. The summed E-state index contributed by atoms with van der Waals surface area (Å²) in [5.74, 6) is -3.16. The Kier molecular flexibility index (Phi) is 6.02. The Morgan fingerprint density at radius 2 is 1.93 bits per heavy atom. The molecular weight excluding hydrogens is 392 g/mol. The maximum absolute atomic E-state index is 12.5. The maximum Gasteiger partial charge on any atom is 0.328 e. The molecule has 28 heavy (non-hydrogen) atoms. The average molecular weight is 405 g/mol. The molecule has 144 valence electrons. The van der Waals surface area contributed by atoms with Crippen LogP contribution in [0.2, 0.25) is 5.02 Å². The molecule has 0 bridgehead atoms. The van der Waals surface area contributed by atoms with E-state index in [2.05, 4.69) is 5.32 Å². The van der Waals surface area contributed by atoms with Gasteiger partial charge in [0.2, 0.25) is 5.75 Å². The van der Waals surface area contributed by atoms with Crippen LogP contribution in [0, 0.1) is 21.4 Å². The summed E-state index contributed by atoms with van der Waals surface area (Å²) in [5, 5.41) is 41.0. The van der Waals surface area contributed by atoms with Crippen molar-refractivity contribution in [3.8, 4) is 17.6 Å². The lowest BCUT2D eigenvalue weighted by Crippen LogP contribution is -2.41. The minimum absolute atomic E-state index is 0.0266. The SMILES string of the molecule is CN(C(=O)NCc1ccc(C#N)cc1)C(=O)c1c(Cl)cc(O)c(O)c1[N+](=O)[O-]. The molecule has 2 aromatic rings. The number of nitriles is 1. The van der Waals surface area contributed by atoms with Crippen LogP contribution >= 0.6 is 11.6 Å². The molecule has 0 saturated carbocycles. The van der Waals surface area contributed by atoms with Crippen LogP contribution in [0.4, 0.5) is 10.5 Å². The monoisotopic (exact) mass is 404 g/mol. The van der Waals surface area contributed by atoms with Crippen LogP contribution in [-0.2, 0) is 6.54 Å². The van der Waals surface area contributed by atoms with Crippen molar-refractivity contribution in [2.45, 2.75) is 6.54 Å². The largest absolute Gasteiger partial charge is 0.504 e. The minimum Gasteiger partial charge on any atom is -0.504 e. The van der Waals surface area contributed by atoms with Gasteiger partial charge in [-0.3, -0.25) is 19.8 Å². The van der Waals surface area contributed by atoms with E-state index in [1.165, 1.54) is 0 Å². The highest BCUT2D eigenvalue weighted by molar-refractivity contribution is 6.35. The van der Waals surface area contributed by atoms with E-state index in [1.807, 2.05) is 6.07 Å². The number of nitro benzene ring substituents is 1. The molecule has 0 saturated heterocycles. The number of benzene rings is 2. The number of nitrogens with one attached hydrogen (secondary N) is 1. The molecule has 2 aromatic carbocycles. The minimum atomic E-state index is -1.15. The van der Waals surface area contributed by atoms with E-state index in [4.69, 9.17) is 16.9 Å². The first-order valence-electron chi connectivity index (χ1n) is 7.61. The normalized spacial score (nSPS) is 10.0. The predicted octanol–water partition coefficient (Wildman–Crippen LogP) is 2.51. The smallest absolute Gasteiger partial charge is 0.328 e. The molecule has 0 fully saturated rings. The third-order valence-corrected chi connectivity index (χ3v) is 4.04. The average Bonchev–Trinajstić information content (AvgIpc) is 2.67. The summed E-state index contributed by atoms with van der Waals surface area (Å²) in [5.41, 5.74) is -0.754. The van der Waals surface area contributed by atoms with Crippen LogP contribution in [0.25, 0.3) is 0 Å². The number of carbonyl (C=O) groups is 2. The van der Waals surface area contributed by atoms with Crippen LogP contribution in [0.3, 0.4) is 0 Å². The number of rotatable bonds is 4. The fourth-order valence-electron chi connectivity index (χ4n) is 2.25. The van der Waals surface area contributed by atoms with Crippen molar-refractivity contribution < 1.29 is 24.7 Å². The second-order valence-electron chi connectivity index (χ2n) is 5.54. The van der Waals surface area contributed by atoms with Gasteiger partial charge in [0, 0.05) is 19.7 Å². The van der Waals surface area contributed by atoms with E-state index < -0.39 is 44.6 Å². The molecule has 0 unspecified atom stereocenters. The van der Waals surface area contributed by atoms with Gasteiger partial charge in [0.1, 0.15) is 5.56 Å². The molecule has 0 aromatic heterocycles. The molecule has 2 rings (SSSR count). The van der Waals surface area contributed by atoms with E-state index in [9.17, 15) is 29.9 Å². The number of hydrogen-bond donors (Lipinski definition) is 3. The van der Waals surface area contributed by atoms with Crippen LogP contribution in [-0.4, -0.2) is 39.0 Å². The van der Waals surface area contributed by atoms with Crippen LogP contribution in [0.1, 0.15) is 21.5 Å². The van der Waals surface area contributed by atoms with Gasteiger partial charge in [0.15, 0.2) is 5.75 Å². The van der Waals surface area contributed by atoms with E-state index in [0.717, 1.165) is 13.1 Å². The lowest BCUT2D eigenvalue weighted by atomic mass is 10.1. The summed E-state index contributed by atoms with van der Waals surface area (Å²) in [6, 6.07) is 8.17. The van der Waals surface area contributed by atoms with E-state index in [-0.39, 0.29) is 6.54 Å². The van der Waals surface area contributed by atoms with Crippen LogP contribution < -0.4 is 5.32 Å². The maximum atomic E-state index is 12.5. The Bertz CT molecular complexity index is 1000. The highest BCUT2D eigenvalue weighted by Crippen LogP contribution is 2.42. The second kappa shape index (κ2) is 8.24. The van der Waals surface area contributed by atoms with Crippen molar-refractivity contribution >= 4 is 29.2 Å². The molecule has 10 nitrogen and oxygen atoms in total. The number of aromatic hydroxyl groups is 2. The summed E-state index contributed by atoms with van der Waals surface area (Å²) < 4.78 is 0. The summed E-state index contributed by atoms with van der Waals surface area (Å²) in [4.78, 5) is 35.4. The molecule has 11 heteroatoms. The second-order valence-corrected chi connectivity index (χ2v) is 5.95. The Hall–Kier alpha value is -3.84. The summed E-state index contributed by atoms with van der Waals surface area (Å²) in [6.07, 6.45) is 0. The van der Waals surface area contributed by atoms with E-state index in [1.54, 1.807) is 24.3 Å². The van der Waals surface area contributed by atoms with Gasteiger partial charge in [-0.2, -0.15) is 5.26 Å². The van der Waals surface area contributed by atoms with Crippen molar-refractivity contribution in [1.82, 2.24) is 10.2 Å². The number of amides is 3. The number of nitro groups is 1. The summed E-state index contributed by atoms with van der Waals surface area (Å²) >= 11 is 5.81. The highest BCUT2D eigenvalue weighted by Gasteiger charge is 2.34. The number of carbonyl (C=O) groups excluding carboxylic acids is 2. The standard InChI is InChI=1S/C17H13ClN4O6/c1-21(17(26)20-8-10-4-2-9(7-19)3-5-10)16(25)13-11(18)6-12(23)15(24)14(13)22(27)28/h2-6,23-24H,8H2,1H3,(H,20,26). The first-order valence-corrected chi connectivity index (χ1v) is 7.99. The van der Waals surface area contributed by atoms with Gasteiger partial charge >= 0.3 is 11.7 Å². The topological polar surface area (TPSA) is 157 Å². The number of imide groups is 1. The Morgan fingerprint density at radius 3 is 2.46 bits per heavy atom. The molecule has 0 aliphatic heterocycles. The first-order chi connectivity index (χ1) is 13.2. The van der Waals surface area contributed by atoms with Gasteiger partial charge in [-0.1, -0.05) is 23.7 Å². The highest BCUT2D eigenvalue weighted by atomic mass is 35.5. The zero-order valence-electron chi connectivity index (χ0n) is 14.3. The lowest BCUT2D eigenvalue weighted by Gasteiger charge is -2.17. The van der Waals surface area contributed by atoms with Crippen molar-refractivity contribution in [1.29, 1.82) is 5.26 Å². The van der Waals surface area contributed by atoms with Crippen molar-refractivity contribution in [2.75, 3.05) is 7.05 Å². The number of halogens is 1. The fourth-order valence-corrected chi connectivity index (χ4v) is 2.52. The van der Waals surface area contributed by atoms with E-state index in [0.29, 0.717) is 16.0 Å². The number of nitrogens with zero attached hydrogens (tertiary/aromatic N) is 3. The number of phenolic OH excluding ortho intramolecular Hbond substituents is 2. The fraction of sp³-hybridized carbons (Fsp3) is 0.118. The lowest BCUT2D eigenvalue weighted by molar-refractivity contribution is -0.386. The molecule has 3 amide bonds. The Morgan fingerprint density at radius 1 is 1.32 bits per heavy atom. The van der Waals surface area contributed by atoms with Gasteiger partial charge in [-0.25, -0.2) is 4.79 Å². The molecule has 0 radical (unpaired) electrons. The first kappa shape index (κ1) is 20.5. The van der Waals surface area contributed by atoms with Gasteiger partial charge < -0.3 is 15.5 Å². The third-order valence-electron chi connectivity index (χ3n) is 3.74. The van der Waals surface area contributed by atoms with Crippen LogP contribution in [0.5, 0.6) is 11.5 Å². The number of hydrogen-bond acceptors (Lipinski definition) is 7.